The molecule has 0 fully saturated rings. The molecule has 0 radical (unpaired) electrons. The number of nitrogens with zero attached hydrogens (tertiary/aromatic N) is 2. The highest BCUT2D eigenvalue weighted by atomic mass is 16.5. The molecule has 1 aromatic heterocycles. The second-order valence-electron chi connectivity index (χ2n) is 3.74. The van der Waals surface area contributed by atoms with Gasteiger partial charge in [0, 0.05) is 13.2 Å². The van der Waals surface area contributed by atoms with Crippen LogP contribution in [-0.4, -0.2) is 30.0 Å². The molecule has 15 heavy (non-hydrogen) atoms. The zero-order valence-electron chi connectivity index (χ0n) is 9.23. The maximum atomic E-state index is 5.41. The van der Waals surface area contributed by atoms with Gasteiger partial charge in [0.15, 0.2) is 0 Å². The molecule has 0 amide bonds. The summed E-state index contributed by atoms with van der Waals surface area (Å²) >= 11 is 0. The van der Waals surface area contributed by atoms with Gasteiger partial charge in [-0.15, -0.1) is 10.2 Å². The van der Waals surface area contributed by atoms with E-state index in [2.05, 4.69) is 29.4 Å². The molecule has 0 aliphatic carbocycles. The number of anilines is 2. The van der Waals surface area contributed by atoms with Gasteiger partial charge in [0.05, 0.1) is 6.61 Å². The minimum atomic E-state index is 0.427. The van der Waals surface area contributed by atoms with Crippen molar-refractivity contribution in [2.75, 3.05) is 30.8 Å². The van der Waals surface area contributed by atoms with E-state index >= 15 is 0 Å². The van der Waals surface area contributed by atoms with Crippen LogP contribution in [-0.2, 0) is 4.74 Å². The molecular formula is C10H18N4O. The van der Waals surface area contributed by atoms with E-state index in [0.717, 1.165) is 19.0 Å². The molecule has 0 spiro atoms. The van der Waals surface area contributed by atoms with E-state index in [1.54, 1.807) is 12.1 Å². The zero-order chi connectivity index (χ0) is 11.1. The van der Waals surface area contributed by atoms with Crippen molar-refractivity contribution in [1.82, 2.24) is 10.2 Å². The standard InChI is InChI=1S/C10H18N4O/c1-8(2)7-15-6-5-12-10-4-3-9(11)13-14-10/h3-4,8H,5-7H2,1-2H3,(H2,11,13)(H,12,14). The van der Waals surface area contributed by atoms with Crippen LogP contribution in [0, 0.1) is 5.92 Å². The van der Waals surface area contributed by atoms with Crippen molar-refractivity contribution in [3.63, 3.8) is 0 Å². The van der Waals surface area contributed by atoms with Crippen molar-refractivity contribution in [3.8, 4) is 0 Å². The van der Waals surface area contributed by atoms with Crippen LogP contribution >= 0.6 is 0 Å². The Labute approximate surface area is 90.0 Å². The van der Waals surface area contributed by atoms with E-state index < -0.39 is 0 Å². The molecule has 0 saturated carbocycles. The lowest BCUT2D eigenvalue weighted by Crippen LogP contribution is -2.13. The Bertz CT molecular complexity index is 273. The molecule has 0 aromatic carbocycles. The normalized spacial score (nSPS) is 10.6. The molecule has 0 atom stereocenters. The van der Waals surface area contributed by atoms with Crippen molar-refractivity contribution < 1.29 is 4.74 Å². The van der Waals surface area contributed by atoms with Crippen molar-refractivity contribution in [2.24, 2.45) is 5.92 Å². The lowest BCUT2D eigenvalue weighted by molar-refractivity contribution is 0.118. The summed E-state index contributed by atoms with van der Waals surface area (Å²) in [5, 5.41) is 10.7. The first-order valence-electron chi connectivity index (χ1n) is 5.09. The predicted molar refractivity (Wildman–Crippen MR) is 60.6 cm³/mol. The van der Waals surface area contributed by atoms with E-state index in [9.17, 15) is 0 Å². The highest BCUT2D eigenvalue weighted by molar-refractivity contribution is 5.38. The van der Waals surface area contributed by atoms with Gasteiger partial charge in [-0.25, -0.2) is 0 Å². The third-order valence-electron chi connectivity index (χ3n) is 1.69. The largest absolute Gasteiger partial charge is 0.382 e. The number of nitrogen functional groups attached to an aromatic ring is 1. The molecule has 3 N–H and O–H groups in total. The molecule has 1 aromatic rings. The third-order valence-corrected chi connectivity index (χ3v) is 1.69. The Hall–Kier alpha value is -1.36. The summed E-state index contributed by atoms with van der Waals surface area (Å²) in [5.74, 6) is 1.72. The summed E-state index contributed by atoms with van der Waals surface area (Å²) < 4.78 is 5.41. The van der Waals surface area contributed by atoms with Gasteiger partial charge in [-0.1, -0.05) is 13.8 Å². The van der Waals surface area contributed by atoms with E-state index in [1.807, 2.05) is 0 Å². The van der Waals surface area contributed by atoms with E-state index in [4.69, 9.17) is 10.5 Å². The van der Waals surface area contributed by atoms with Crippen LogP contribution in [0.1, 0.15) is 13.8 Å². The minimum absolute atomic E-state index is 0.427. The molecule has 5 heteroatoms. The molecule has 0 aliphatic heterocycles. The van der Waals surface area contributed by atoms with Crippen molar-refractivity contribution >= 4 is 11.6 Å². The summed E-state index contributed by atoms with van der Waals surface area (Å²) in [6.45, 7) is 6.43. The Kier molecular flexibility index (Phi) is 4.83. The second kappa shape index (κ2) is 6.19. The third kappa shape index (κ3) is 5.17. The van der Waals surface area contributed by atoms with E-state index in [1.165, 1.54) is 0 Å². The first-order valence-corrected chi connectivity index (χ1v) is 5.09. The summed E-state index contributed by atoms with van der Waals surface area (Å²) in [6.07, 6.45) is 0. The van der Waals surface area contributed by atoms with Crippen LogP contribution in [0.4, 0.5) is 11.6 Å². The molecule has 1 heterocycles. The molecule has 0 unspecified atom stereocenters. The smallest absolute Gasteiger partial charge is 0.148 e. The average Bonchev–Trinajstić information content (AvgIpc) is 2.20. The SMILES string of the molecule is CC(C)COCCNc1ccc(N)nn1. The summed E-state index contributed by atoms with van der Waals surface area (Å²) in [6, 6.07) is 3.51. The first-order chi connectivity index (χ1) is 7.18. The topological polar surface area (TPSA) is 73.1 Å². The highest BCUT2D eigenvalue weighted by Crippen LogP contribution is 2.01. The highest BCUT2D eigenvalue weighted by Gasteiger charge is 1.95. The van der Waals surface area contributed by atoms with Gasteiger partial charge < -0.3 is 15.8 Å². The molecule has 0 aliphatic rings. The summed E-state index contributed by atoms with van der Waals surface area (Å²) in [5.41, 5.74) is 5.41. The van der Waals surface area contributed by atoms with Gasteiger partial charge in [-0.3, -0.25) is 0 Å². The molecule has 0 saturated heterocycles. The van der Waals surface area contributed by atoms with Crippen LogP contribution in [0.3, 0.4) is 0 Å². The molecule has 5 nitrogen and oxygen atoms in total. The van der Waals surface area contributed by atoms with Gasteiger partial charge in [0.1, 0.15) is 11.6 Å². The minimum Gasteiger partial charge on any atom is -0.382 e. The number of hydrogen-bond donors (Lipinski definition) is 2. The fourth-order valence-electron chi connectivity index (χ4n) is 1.01. The number of rotatable bonds is 6. The van der Waals surface area contributed by atoms with Gasteiger partial charge >= 0.3 is 0 Å². The quantitative estimate of drug-likeness (QED) is 0.689. The number of ether oxygens (including phenoxy) is 1. The maximum absolute atomic E-state index is 5.41. The van der Waals surface area contributed by atoms with Crippen LogP contribution in [0.5, 0.6) is 0 Å². The Morgan fingerprint density at radius 3 is 2.80 bits per heavy atom. The number of nitrogens with one attached hydrogen (secondary N) is 1. The second-order valence-corrected chi connectivity index (χ2v) is 3.74. The lowest BCUT2D eigenvalue weighted by atomic mass is 10.2. The van der Waals surface area contributed by atoms with E-state index in [-0.39, 0.29) is 0 Å². The Morgan fingerprint density at radius 1 is 1.40 bits per heavy atom. The Morgan fingerprint density at radius 2 is 2.20 bits per heavy atom. The fraction of sp³-hybridized carbons (Fsp3) is 0.600. The molecular weight excluding hydrogens is 192 g/mol. The molecule has 1 rings (SSSR count). The van der Waals surface area contributed by atoms with Crippen molar-refractivity contribution in [3.05, 3.63) is 12.1 Å². The van der Waals surface area contributed by atoms with Gasteiger partial charge in [-0.2, -0.15) is 0 Å². The monoisotopic (exact) mass is 210 g/mol. The predicted octanol–water partition coefficient (Wildman–Crippen LogP) is 1.14. The van der Waals surface area contributed by atoms with Gasteiger partial charge in [0.25, 0.3) is 0 Å². The number of hydrogen-bond acceptors (Lipinski definition) is 5. The molecule has 0 bridgehead atoms. The first kappa shape index (κ1) is 11.7. The Balaban J connectivity index is 2.12. The van der Waals surface area contributed by atoms with Gasteiger partial charge in [0.2, 0.25) is 0 Å². The van der Waals surface area contributed by atoms with Crippen molar-refractivity contribution in [1.29, 1.82) is 0 Å². The number of nitrogens with two attached hydrogens (primary N) is 1. The summed E-state index contributed by atoms with van der Waals surface area (Å²) in [7, 11) is 0. The van der Waals surface area contributed by atoms with Crippen LogP contribution < -0.4 is 11.1 Å². The number of aromatic nitrogens is 2. The average molecular weight is 210 g/mol. The summed E-state index contributed by atoms with van der Waals surface area (Å²) in [4.78, 5) is 0. The van der Waals surface area contributed by atoms with E-state index in [0.29, 0.717) is 18.3 Å². The maximum Gasteiger partial charge on any atom is 0.148 e. The lowest BCUT2D eigenvalue weighted by Gasteiger charge is -2.07. The fourth-order valence-corrected chi connectivity index (χ4v) is 1.01. The van der Waals surface area contributed by atoms with Crippen molar-refractivity contribution in [2.45, 2.75) is 13.8 Å². The van der Waals surface area contributed by atoms with Crippen LogP contribution in [0.2, 0.25) is 0 Å². The molecule has 84 valence electrons. The van der Waals surface area contributed by atoms with Gasteiger partial charge in [-0.05, 0) is 18.1 Å². The van der Waals surface area contributed by atoms with Crippen LogP contribution in [0.15, 0.2) is 12.1 Å². The zero-order valence-corrected chi connectivity index (χ0v) is 9.23. The van der Waals surface area contributed by atoms with Crippen LogP contribution in [0.25, 0.3) is 0 Å².